The van der Waals surface area contributed by atoms with E-state index in [1.807, 2.05) is 0 Å². The van der Waals surface area contributed by atoms with E-state index in [2.05, 4.69) is 5.32 Å². The molecule has 1 N–H and O–H groups in total. The summed E-state index contributed by atoms with van der Waals surface area (Å²) in [4.78, 5) is 25.2. The first-order valence-corrected chi connectivity index (χ1v) is 11.3. The third-order valence-electron chi connectivity index (χ3n) is 5.27. The fourth-order valence-corrected chi connectivity index (χ4v) is 5.66. The molecule has 1 fully saturated rings. The number of carbonyl (C=O) groups excluding carboxylic acids is 1. The smallest absolute Gasteiger partial charge is 0.256 e. The number of nitrogens with one attached hydrogen (secondary N) is 1. The van der Waals surface area contributed by atoms with Gasteiger partial charge in [0.05, 0.1) is 16.1 Å². The molecule has 2 heterocycles. The van der Waals surface area contributed by atoms with Crippen molar-refractivity contribution >= 4 is 44.1 Å². The molecule has 156 valence electrons. The number of hydrogen-bond acceptors (Lipinski definition) is 4. The van der Waals surface area contributed by atoms with Gasteiger partial charge in [0.1, 0.15) is 4.90 Å². The number of benzene rings is 2. The second kappa shape index (κ2) is 7.86. The van der Waals surface area contributed by atoms with E-state index in [1.54, 1.807) is 31.3 Å². The first-order chi connectivity index (χ1) is 14.3. The number of sulfonamides is 1. The zero-order valence-electron chi connectivity index (χ0n) is 16.3. The Labute approximate surface area is 178 Å². The Bertz CT molecular complexity index is 1310. The molecule has 0 unspecified atom stereocenters. The molecule has 0 bridgehead atoms. The molecule has 1 saturated heterocycles. The summed E-state index contributed by atoms with van der Waals surface area (Å²) in [5.74, 6) is -0.504. The summed E-state index contributed by atoms with van der Waals surface area (Å²) in [6.45, 7) is 0.906. The normalized spacial score (nSPS) is 14.9. The lowest BCUT2D eigenvalue weighted by atomic mass is 10.1. The van der Waals surface area contributed by atoms with E-state index in [9.17, 15) is 18.0 Å². The molecule has 1 aromatic heterocycles. The van der Waals surface area contributed by atoms with Crippen molar-refractivity contribution in [3.63, 3.8) is 0 Å². The van der Waals surface area contributed by atoms with Crippen molar-refractivity contribution in [3.8, 4) is 0 Å². The predicted molar refractivity (Wildman–Crippen MR) is 117 cm³/mol. The number of fused-ring (bicyclic) bond motifs is 1. The van der Waals surface area contributed by atoms with Crippen LogP contribution < -0.4 is 10.9 Å². The Balaban J connectivity index is 1.71. The second-order valence-corrected chi connectivity index (χ2v) is 9.50. The van der Waals surface area contributed by atoms with Crippen molar-refractivity contribution in [1.29, 1.82) is 0 Å². The third-order valence-corrected chi connectivity index (χ3v) is 7.65. The number of halogens is 1. The molecule has 2 aromatic carbocycles. The van der Waals surface area contributed by atoms with Crippen LogP contribution in [0.15, 0.2) is 58.2 Å². The van der Waals surface area contributed by atoms with Gasteiger partial charge in [0.15, 0.2) is 0 Å². The summed E-state index contributed by atoms with van der Waals surface area (Å²) in [6, 6.07) is 12.7. The van der Waals surface area contributed by atoms with Gasteiger partial charge >= 0.3 is 0 Å². The van der Waals surface area contributed by atoms with Crippen molar-refractivity contribution in [2.75, 3.05) is 18.4 Å². The molecule has 7 nitrogen and oxygen atoms in total. The fraction of sp³-hybridized carbons (Fsp3) is 0.238. The molecule has 0 atom stereocenters. The largest absolute Gasteiger partial charge is 0.322 e. The Kier molecular flexibility index (Phi) is 5.40. The molecule has 9 heteroatoms. The van der Waals surface area contributed by atoms with Gasteiger partial charge in [-0.3, -0.25) is 9.59 Å². The van der Waals surface area contributed by atoms with Crippen LogP contribution in [0.3, 0.4) is 0 Å². The highest BCUT2D eigenvalue weighted by atomic mass is 35.5. The topological polar surface area (TPSA) is 88.5 Å². The molecular formula is C21H20ClN3O4S. The number of para-hydroxylation sites is 1. The second-order valence-electron chi connectivity index (χ2n) is 7.18. The Morgan fingerprint density at radius 3 is 2.50 bits per heavy atom. The van der Waals surface area contributed by atoms with Crippen LogP contribution in [-0.2, 0) is 17.1 Å². The van der Waals surface area contributed by atoms with Crippen LogP contribution >= 0.6 is 11.6 Å². The lowest BCUT2D eigenvalue weighted by Crippen LogP contribution is -2.28. The maximum atomic E-state index is 12.9. The van der Waals surface area contributed by atoms with Gasteiger partial charge in [-0.2, -0.15) is 4.31 Å². The number of anilines is 1. The Morgan fingerprint density at radius 1 is 1.07 bits per heavy atom. The van der Waals surface area contributed by atoms with Crippen LogP contribution in [0.4, 0.5) is 5.69 Å². The number of hydrogen-bond donors (Lipinski definition) is 1. The molecule has 1 aliphatic heterocycles. The maximum absolute atomic E-state index is 12.9. The Morgan fingerprint density at radius 2 is 1.77 bits per heavy atom. The van der Waals surface area contributed by atoms with Crippen LogP contribution in [0, 0.1) is 0 Å². The lowest BCUT2D eigenvalue weighted by molar-refractivity contribution is 0.102. The summed E-state index contributed by atoms with van der Waals surface area (Å²) in [5.41, 5.74) is 0.815. The van der Waals surface area contributed by atoms with Crippen LogP contribution in [0.2, 0.25) is 5.02 Å². The van der Waals surface area contributed by atoms with Crippen molar-refractivity contribution in [1.82, 2.24) is 8.87 Å². The van der Waals surface area contributed by atoms with E-state index < -0.39 is 15.9 Å². The monoisotopic (exact) mass is 445 g/mol. The van der Waals surface area contributed by atoms with E-state index in [0.717, 1.165) is 12.8 Å². The van der Waals surface area contributed by atoms with Crippen molar-refractivity contribution in [2.24, 2.45) is 7.05 Å². The quantitative estimate of drug-likeness (QED) is 0.667. The summed E-state index contributed by atoms with van der Waals surface area (Å²) >= 11 is 6.17. The number of rotatable bonds is 4. The van der Waals surface area contributed by atoms with Gasteiger partial charge in [0, 0.05) is 37.3 Å². The number of aryl methyl sites for hydroxylation is 1. The van der Waals surface area contributed by atoms with Gasteiger partial charge in [-0.25, -0.2) is 8.42 Å². The molecule has 0 radical (unpaired) electrons. The molecule has 30 heavy (non-hydrogen) atoms. The van der Waals surface area contributed by atoms with E-state index in [1.165, 1.54) is 33.1 Å². The third kappa shape index (κ3) is 3.62. The van der Waals surface area contributed by atoms with Gasteiger partial charge in [-0.15, -0.1) is 0 Å². The fourth-order valence-electron chi connectivity index (χ4n) is 3.64. The number of nitrogens with zero attached hydrogens (tertiary/aromatic N) is 2. The van der Waals surface area contributed by atoms with E-state index in [4.69, 9.17) is 11.6 Å². The van der Waals surface area contributed by atoms with Crippen molar-refractivity contribution in [2.45, 2.75) is 17.7 Å². The number of aromatic nitrogens is 1. The van der Waals surface area contributed by atoms with Gasteiger partial charge in [-0.1, -0.05) is 29.8 Å². The first kappa shape index (κ1) is 20.6. The van der Waals surface area contributed by atoms with E-state index in [-0.39, 0.29) is 26.7 Å². The zero-order valence-corrected chi connectivity index (χ0v) is 17.8. The first-order valence-electron chi connectivity index (χ1n) is 9.49. The molecule has 4 rings (SSSR count). The van der Waals surface area contributed by atoms with Crippen LogP contribution in [0.1, 0.15) is 23.2 Å². The number of pyridine rings is 1. The summed E-state index contributed by atoms with van der Waals surface area (Å²) in [7, 11) is -2.10. The molecular weight excluding hydrogens is 426 g/mol. The Hall–Kier alpha value is -2.68. The van der Waals surface area contributed by atoms with Gasteiger partial charge in [0.2, 0.25) is 10.0 Å². The minimum absolute atomic E-state index is 0.0438. The van der Waals surface area contributed by atoms with Gasteiger partial charge < -0.3 is 9.88 Å². The van der Waals surface area contributed by atoms with Crippen molar-refractivity contribution in [3.05, 3.63) is 69.5 Å². The lowest BCUT2D eigenvalue weighted by Gasteiger charge is -2.17. The molecule has 3 aromatic rings. The maximum Gasteiger partial charge on any atom is 0.256 e. The summed E-state index contributed by atoms with van der Waals surface area (Å²) in [5, 5.41) is 3.42. The van der Waals surface area contributed by atoms with Gasteiger partial charge in [0.25, 0.3) is 11.5 Å². The molecule has 1 amide bonds. The van der Waals surface area contributed by atoms with E-state index in [0.29, 0.717) is 24.0 Å². The molecule has 0 aliphatic carbocycles. The van der Waals surface area contributed by atoms with Crippen LogP contribution in [0.5, 0.6) is 0 Å². The highest BCUT2D eigenvalue weighted by Crippen LogP contribution is 2.30. The average molecular weight is 446 g/mol. The standard InChI is InChI=1S/C21H20ClN3O4S/c1-24-18-7-3-2-6-15(18)16(13-20(24)26)21(27)23-14-8-9-17(22)19(12-14)30(28,29)25-10-4-5-11-25/h2-3,6-9,12-13H,4-5,10-11H2,1H3,(H,23,27). The minimum atomic E-state index is -3.74. The average Bonchev–Trinajstić information content (AvgIpc) is 3.28. The highest BCUT2D eigenvalue weighted by molar-refractivity contribution is 7.89. The number of carbonyl (C=O) groups is 1. The van der Waals surface area contributed by atoms with E-state index >= 15 is 0 Å². The van der Waals surface area contributed by atoms with Gasteiger partial charge in [-0.05, 0) is 37.1 Å². The summed E-state index contributed by atoms with van der Waals surface area (Å²) in [6.07, 6.45) is 1.62. The van der Waals surface area contributed by atoms with Crippen molar-refractivity contribution < 1.29 is 13.2 Å². The minimum Gasteiger partial charge on any atom is -0.322 e. The predicted octanol–water partition coefficient (Wildman–Crippen LogP) is 3.23. The highest BCUT2D eigenvalue weighted by Gasteiger charge is 2.29. The molecule has 0 saturated carbocycles. The van der Waals surface area contributed by atoms with Crippen LogP contribution in [-0.4, -0.2) is 36.3 Å². The zero-order chi connectivity index (χ0) is 21.5. The molecule has 1 aliphatic rings. The SMILES string of the molecule is Cn1c(=O)cc(C(=O)Nc2ccc(Cl)c(S(=O)(=O)N3CCCC3)c2)c2ccccc21. The summed E-state index contributed by atoms with van der Waals surface area (Å²) < 4.78 is 28.7. The molecule has 0 spiro atoms. The number of amides is 1. The van der Waals surface area contributed by atoms with Crippen LogP contribution in [0.25, 0.3) is 10.9 Å².